The number of hydrazine groups is 3. The minimum absolute atomic E-state index is 1.75. The molecule has 0 bridgehead atoms. The summed E-state index contributed by atoms with van der Waals surface area (Å²) < 4.78 is 0. The Balaban J connectivity index is 3.10. The molecule has 0 unspecified atom stereocenters. The second-order valence-electron chi connectivity index (χ2n) is 1.78. The van der Waals surface area contributed by atoms with Gasteiger partial charge < -0.3 is 0 Å². The highest BCUT2D eigenvalue weighted by Crippen LogP contribution is 1.64. The van der Waals surface area contributed by atoms with E-state index in [1.54, 1.807) is 5.12 Å². The van der Waals surface area contributed by atoms with E-state index in [-0.39, 0.29) is 0 Å². The van der Waals surface area contributed by atoms with E-state index in [1.165, 1.54) is 0 Å². The average Bonchev–Trinajstić information content (AvgIpc) is 1.65. The Labute approximate surface area is 50.4 Å². The van der Waals surface area contributed by atoms with Crippen molar-refractivity contribution in [3.05, 3.63) is 0 Å². The zero-order chi connectivity index (χ0) is 6.57. The predicted molar refractivity (Wildman–Crippen MR) is 33.6 cm³/mol. The number of hydrogen-bond donors (Lipinski definition) is 2. The Morgan fingerprint density at radius 2 is 1.62 bits per heavy atom. The van der Waals surface area contributed by atoms with E-state index >= 15 is 0 Å². The van der Waals surface area contributed by atoms with Crippen LogP contribution >= 0.6 is 0 Å². The van der Waals surface area contributed by atoms with Crippen LogP contribution in [-0.2, 0) is 0 Å². The fourth-order valence-electron chi connectivity index (χ4n) is 0.350. The van der Waals surface area contributed by atoms with Crippen molar-refractivity contribution in [3.8, 4) is 0 Å². The first-order valence-electron chi connectivity index (χ1n) is 2.51. The van der Waals surface area contributed by atoms with Crippen molar-refractivity contribution in [2.24, 2.45) is 0 Å². The molecule has 0 amide bonds. The van der Waals surface area contributed by atoms with E-state index in [4.69, 9.17) is 0 Å². The van der Waals surface area contributed by atoms with Gasteiger partial charge in [-0.15, -0.1) is 0 Å². The number of hydrogen-bond acceptors (Lipinski definition) is 4. The van der Waals surface area contributed by atoms with Crippen molar-refractivity contribution in [2.75, 3.05) is 28.2 Å². The second-order valence-corrected chi connectivity index (χ2v) is 1.78. The Morgan fingerprint density at radius 1 is 1.12 bits per heavy atom. The maximum Gasteiger partial charge on any atom is 0.0188 e. The van der Waals surface area contributed by atoms with Gasteiger partial charge >= 0.3 is 0 Å². The Bertz CT molecular complexity index is 54.0. The summed E-state index contributed by atoms with van der Waals surface area (Å²) in [6.07, 6.45) is 0. The molecule has 0 spiro atoms. The fourth-order valence-corrected chi connectivity index (χ4v) is 0.350. The molecule has 4 nitrogen and oxygen atoms in total. The monoisotopic (exact) mass is 118 g/mol. The summed E-state index contributed by atoms with van der Waals surface area (Å²) in [4.78, 5) is 0. The molecule has 0 heterocycles. The highest BCUT2D eigenvalue weighted by atomic mass is 15.8. The molecule has 0 aliphatic carbocycles. The van der Waals surface area contributed by atoms with E-state index in [0.29, 0.717) is 0 Å². The summed E-state index contributed by atoms with van der Waals surface area (Å²) in [5.41, 5.74) is 5.82. The molecule has 0 rings (SSSR count). The van der Waals surface area contributed by atoms with Crippen molar-refractivity contribution < 1.29 is 0 Å². The van der Waals surface area contributed by atoms with Gasteiger partial charge in [-0.25, -0.2) is 10.4 Å². The van der Waals surface area contributed by atoms with E-state index in [2.05, 4.69) is 11.0 Å². The summed E-state index contributed by atoms with van der Waals surface area (Å²) >= 11 is 0. The zero-order valence-electron chi connectivity index (χ0n) is 5.89. The quantitative estimate of drug-likeness (QED) is 0.467. The van der Waals surface area contributed by atoms with Gasteiger partial charge in [-0.3, -0.25) is 0 Å². The molecule has 0 fully saturated rings. The molecule has 50 valence electrons. The van der Waals surface area contributed by atoms with Crippen LogP contribution in [-0.4, -0.2) is 38.3 Å². The zero-order valence-corrected chi connectivity index (χ0v) is 5.89. The van der Waals surface area contributed by atoms with Crippen LogP contribution in [0.3, 0.4) is 0 Å². The first-order valence-corrected chi connectivity index (χ1v) is 2.51. The molecule has 0 aliphatic heterocycles. The Kier molecular flexibility index (Phi) is 3.72. The summed E-state index contributed by atoms with van der Waals surface area (Å²) in [6.45, 7) is 0. The van der Waals surface area contributed by atoms with Gasteiger partial charge in [0.05, 0.1) is 0 Å². The molecule has 0 saturated heterocycles. The SMILES string of the molecule is CNN(C)NN(C)C. The van der Waals surface area contributed by atoms with E-state index in [0.717, 1.165) is 0 Å². The summed E-state index contributed by atoms with van der Waals surface area (Å²) in [5, 5.41) is 3.59. The molecular formula is C4H14N4. The van der Waals surface area contributed by atoms with Gasteiger partial charge in [-0.1, -0.05) is 0 Å². The van der Waals surface area contributed by atoms with E-state index in [9.17, 15) is 0 Å². The highest BCUT2D eigenvalue weighted by Gasteiger charge is 1.89. The summed E-state index contributed by atoms with van der Waals surface area (Å²) in [6, 6.07) is 0. The smallest absolute Gasteiger partial charge is 0.0188 e. The van der Waals surface area contributed by atoms with Crippen LogP contribution in [0.2, 0.25) is 0 Å². The maximum atomic E-state index is 2.95. The lowest BCUT2D eigenvalue weighted by Crippen LogP contribution is -2.49. The number of nitrogens with one attached hydrogen (secondary N) is 2. The Morgan fingerprint density at radius 3 is 1.75 bits per heavy atom. The third-order valence-corrected chi connectivity index (χ3v) is 0.685. The molecule has 0 radical (unpaired) electrons. The highest BCUT2D eigenvalue weighted by molar-refractivity contribution is 4.22. The van der Waals surface area contributed by atoms with Gasteiger partial charge in [0, 0.05) is 28.2 Å². The standard InChI is InChI=1S/C4H14N4/c1-5-8(4)6-7(2)3/h5-6H,1-4H3. The van der Waals surface area contributed by atoms with E-state index in [1.807, 2.05) is 33.2 Å². The second kappa shape index (κ2) is 3.80. The normalized spacial score (nSPS) is 11.2. The van der Waals surface area contributed by atoms with Gasteiger partial charge in [-0.05, 0) is 0 Å². The molecule has 0 aromatic rings. The first-order chi connectivity index (χ1) is 3.66. The van der Waals surface area contributed by atoms with Gasteiger partial charge in [0.1, 0.15) is 0 Å². The molecule has 2 N–H and O–H groups in total. The number of rotatable bonds is 3. The Hall–Kier alpha value is -0.160. The van der Waals surface area contributed by atoms with Crippen molar-refractivity contribution in [1.82, 2.24) is 21.1 Å². The van der Waals surface area contributed by atoms with Crippen LogP contribution < -0.4 is 11.0 Å². The van der Waals surface area contributed by atoms with Crippen LogP contribution in [0.25, 0.3) is 0 Å². The molecule has 0 saturated carbocycles. The number of nitrogens with zero attached hydrogens (tertiary/aromatic N) is 2. The third-order valence-electron chi connectivity index (χ3n) is 0.685. The largest absolute Gasteiger partial charge is 0.244 e. The van der Waals surface area contributed by atoms with Crippen molar-refractivity contribution in [2.45, 2.75) is 0 Å². The molecule has 0 aromatic carbocycles. The molecule has 0 atom stereocenters. The van der Waals surface area contributed by atoms with Crippen LogP contribution in [0, 0.1) is 0 Å². The van der Waals surface area contributed by atoms with Gasteiger partial charge in [0.2, 0.25) is 0 Å². The molecular weight excluding hydrogens is 104 g/mol. The van der Waals surface area contributed by atoms with Gasteiger partial charge in [-0.2, -0.15) is 10.7 Å². The lowest BCUT2D eigenvalue weighted by atomic mass is 11.2. The van der Waals surface area contributed by atoms with Crippen LogP contribution in [0.15, 0.2) is 0 Å². The predicted octanol–water partition coefficient (Wildman–Crippen LogP) is -0.966. The molecule has 8 heavy (non-hydrogen) atoms. The first kappa shape index (κ1) is 7.84. The van der Waals surface area contributed by atoms with Crippen LogP contribution in [0.4, 0.5) is 0 Å². The lowest BCUT2D eigenvalue weighted by Gasteiger charge is -2.20. The molecule has 4 heteroatoms. The van der Waals surface area contributed by atoms with E-state index < -0.39 is 0 Å². The van der Waals surface area contributed by atoms with Crippen molar-refractivity contribution in [3.63, 3.8) is 0 Å². The average molecular weight is 118 g/mol. The maximum absolute atomic E-state index is 2.95. The summed E-state index contributed by atoms with van der Waals surface area (Å²) in [7, 11) is 7.58. The van der Waals surface area contributed by atoms with Crippen molar-refractivity contribution in [1.29, 1.82) is 0 Å². The van der Waals surface area contributed by atoms with Gasteiger partial charge in [0.25, 0.3) is 0 Å². The lowest BCUT2D eigenvalue weighted by molar-refractivity contribution is 0.0490. The van der Waals surface area contributed by atoms with Crippen LogP contribution in [0.5, 0.6) is 0 Å². The third kappa shape index (κ3) is 4.01. The fraction of sp³-hybridized carbons (Fsp3) is 1.00. The summed E-state index contributed by atoms with van der Waals surface area (Å²) in [5.74, 6) is 0. The molecule has 0 aliphatic rings. The van der Waals surface area contributed by atoms with Gasteiger partial charge in [0.15, 0.2) is 0 Å². The topological polar surface area (TPSA) is 30.5 Å². The molecule has 0 aromatic heterocycles. The minimum Gasteiger partial charge on any atom is -0.244 e. The minimum atomic E-state index is 1.75. The van der Waals surface area contributed by atoms with Crippen molar-refractivity contribution >= 4 is 0 Å². The van der Waals surface area contributed by atoms with Crippen LogP contribution in [0.1, 0.15) is 0 Å².